The minimum Gasteiger partial charge on any atom is -0.296 e. The van der Waals surface area contributed by atoms with Gasteiger partial charge in [-0.05, 0) is 18.9 Å². The summed E-state index contributed by atoms with van der Waals surface area (Å²) in [5.74, 6) is 0. The van der Waals surface area contributed by atoms with Gasteiger partial charge in [-0.2, -0.15) is 18.3 Å². The minimum absolute atomic E-state index is 0.0132. The van der Waals surface area contributed by atoms with Crippen molar-refractivity contribution in [1.29, 1.82) is 0 Å². The molecule has 1 aromatic heterocycles. The molecular weight excluding hydrogens is 221 g/mol. The fraction of sp³-hybridized carbons (Fsp3) is 0.600. The third kappa shape index (κ3) is 1.96. The van der Waals surface area contributed by atoms with E-state index >= 15 is 0 Å². The van der Waals surface area contributed by atoms with Crippen molar-refractivity contribution in [1.82, 2.24) is 9.78 Å². The van der Waals surface area contributed by atoms with Crippen LogP contribution in [0.1, 0.15) is 47.9 Å². The lowest BCUT2D eigenvalue weighted by Gasteiger charge is -2.11. The second-order valence-electron chi connectivity index (χ2n) is 3.95. The van der Waals surface area contributed by atoms with Crippen LogP contribution in [-0.2, 0) is 6.18 Å². The van der Waals surface area contributed by atoms with Gasteiger partial charge in [-0.1, -0.05) is 12.8 Å². The summed E-state index contributed by atoms with van der Waals surface area (Å²) in [6.45, 7) is 0. The Labute approximate surface area is 90.2 Å². The van der Waals surface area contributed by atoms with E-state index in [2.05, 4.69) is 5.10 Å². The van der Waals surface area contributed by atoms with Crippen molar-refractivity contribution in [2.24, 2.45) is 0 Å². The molecule has 88 valence electrons. The maximum Gasteiger partial charge on any atom is 0.435 e. The van der Waals surface area contributed by atoms with Gasteiger partial charge in [0.05, 0.1) is 6.04 Å². The number of aldehydes is 1. The van der Waals surface area contributed by atoms with Crippen LogP contribution < -0.4 is 0 Å². The lowest BCUT2D eigenvalue weighted by molar-refractivity contribution is -0.141. The van der Waals surface area contributed by atoms with Crippen LogP contribution in [0.5, 0.6) is 0 Å². The molecule has 0 atom stereocenters. The average molecular weight is 232 g/mol. The van der Waals surface area contributed by atoms with Crippen molar-refractivity contribution in [3.63, 3.8) is 0 Å². The van der Waals surface area contributed by atoms with Crippen molar-refractivity contribution in [2.75, 3.05) is 0 Å². The van der Waals surface area contributed by atoms with Crippen molar-refractivity contribution >= 4 is 6.29 Å². The summed E-state index contributed by atoms with van der Waals surface area (Å²) < 4.78 is 38.5. The van der Waals surface area contributed by atoms with E-state index in [1.807, 2.05) is 0 Å². The number of hydrogen-bond donors (Lipinski definition) is 0. The lowest BCUT2D eigenvalue weighted by atomic mass is 10.2. The van der Waals surface area contributed by atoms with Gasteiger partial charge >= 0.3 is 6.18 Å². The molecule has 1 aliphatic rings. The van der Waals surface area contributed by atoms with Crippen molar-refractivity contribution in [3.05, 3.63) is 17.5 Å². The molecule has 0 bridgehead atoms. The second kappa shape index (κ2) is 3.92. The molecule has 6 heteroatoms. The van der Waals surface area contributed by atoms with Crippen LogP contribution in [0.15, 0.2) is 6.07 Å². The van der Waals surface area contributed by atoms with Crippen LogP contribution in [0.4, 0.5) is 13.2 Å². The van der Waals surface area contributed by atoms with Gasteiger partial charge in [0.1, 0.15) is 5.69 Å². The first-order valence-corrected chi connectivity index (χ1v) is 5.14. The molecule has 0 spiro atoms. The second-order valence-corrected chi connectivity index (χ2v) is 3.95. The molecule has 0 saturated heterocycles. The summed E-state index contributed by atoms with van der Waals surface area (Å²) in [5, 5.41) is 3.49. The molecule has 1 fully saturated rings. The Morgan fingerprint density at radius 2 is 2.00 bits per heavy atom. The average Bonchev–Trinajstić information content (AvgIpc) is 2.85. The first-order valence-electron chi connectivity index (χ1n) is 5.14. The summed E-state index contributed by atoms with van der Waals surface area (Å²) in [6.07, 6.45) is -0.518. The number of nitrogens with zero attached hydrogens (tertiary/aromatic N) is 2. The molecule has 0 aliphatic heterocycles. The number of halogens is 3. The smallest absolute Gasteiger partial charge is 0.296 e. The molecule has 1 saturated carbocycles. The van der Waals surface area contributed by atoms with E-state index in [1.165, 1.54) is 4.68 Å². The highest BCUT2D eigenvalue weighted by atomic mass is 19.4. The molecule has 0 N–H and O–H groups in total. The summed E-state index contributed by atoms with van der Waals surface area (Å²) in [6, 6.07) is 0.752. The molecule has 0 unspecified atom stereocenters. The van der Waals surface area contributed by atoms with Gasteiger partial charge < -0.3 is 0 Å². The first-order chi connectivity index (χ1) is 7.52. The zero-order valence-electron chi connectivity index (χ0n) is 8.50. The first kappa shape index (κ1) is 11.2. The minimum atomic E-state index is -4.48. The Morgan fingerprint density at radius 3 is 2.50 bits per heavy atom. The third-order valence-corrected chi connectivity index (χ3v) is 2.85. The normalized spacial score (nSPS) is 17.9. The van der Waals surface area contributed by atoms with Crippen molar-refractivity contribution < 1.29 is 18.0 Å². The maximum atomic E-state index is 12.4. The van der Waals surface area contributed by atoms with Gasteiger partial charge in [0.25, 0.3) is 0 Å². The predicted molar refractivity (Wildman–Crippen MR) is 50.1 cm³/mol. The van der Waals surface area contributed by atoms with Gasteiger partial charge in [0.2, 0.25) is 0 Å². The molecule has 1 aromatic rings. The molecule has 1 aliphatic carbocycles. The summed E-state index contributed by atoms with van der Waals surface area (Å²) >= 11 is 0. The van der Waals surface area contributed by atoms with Crippen LogP contribution in [0.2, 0.25) is 0 Å². The number of carbonyl (C=O) groups excluding carboxylic acids is 1. The zero-order chi connectivity index (χ0) is 11.8. The Bertz CT molecular complexity index is 391. The fourth-order valence-electron chi connectivity index (χ4n) is 2.08. The fourth-order valence-corrected chi connectivity index (χ4v) is 2.08. The Balaban J connectivity index is 2.36. The highest BCUT2D eigenvalue weighted by molar-refractivity contribution is 5.72. The molecule has 3 nitrogen and oxygen atoms in total. The number of carbonyl (C=O) groups is 1. The van der Waals surface area contributed by atoms with Gasteiger partial charge in [-0.3, -0.25) is 9.48 Å². The molecule has 2 rings (SSSR count). The van der Waals surface area contributed by atoms with Crippen LogP contribution >= 0.6 is 0 Å². The van der Waals surface area contributed by atoms with E-state index in [-0.39, 0.29) is 11.7 Å². The highest BCUT2D eigenvalue weighted by Gasteiger charge is 2.36. The van der Waals surface area contributed by atoms with Crippen molar-refractivity contribution in [2.45, 2.75) is 37.9 Å². The van der Waals surface area contributed by atoms with E-state index in [0.717, 1.165) is 31.7 Å². The van der Waals surface area contributed by atoms with Crippen LogP contribution in [-0.4, -0.2) is 16.1 Å². The lowest BCUT2D eigenvalue weighted by Crippen LogP contribution is -2.12. The topological polar surface area (TPSA) is 34.9 Å². The SMILES string of the molecule is O=Cc1cc(C(F)(F)F)nn1C1CCCC1. The van der Waals surface area contributed by atoms with Crippen LogP contribution in [0, 0.1) is 0 Å². The quantitative estimate of drug-likeness (QED) is 0.735. The van der Waals surface area contributed by atoms with E-state index < -0.39 is 11.9 Å². The number of aromatic nitrogens is 2. The number of hydrogen-bond acceptors (Lipinski definition) is 2. The molecule has 0 amide bonds. The largest absolute Gasteiger partial charge is 0.435 e. The van der Waals surface area contributed by atoms with E-state index in [9.17, 15) is 18.0 Å². The maximum absolute atomic E-state index is 12.4. The predicted octanol–water partition coefficient (Wildman–Crippen LogP) is 2.83. The van der Waals surface area contributed by atoms with Crippen molar-refractivity contribution in [3.8, 4) is 0 Å². The molecule has 0 aromatic carbocycles. The van der Waals surface area contributed by atoms with E-state index in [1.54, 1.807) is 0 Å². The third-order valence-electron chi connectivity index (χ3n) is 2.85. The standard InChI is InChI=1S/C10H11F3N2O/c11-10(12,13)9-5-8(6-16)15(14-9)7-3-1-2-4-7/h5-7H,1-4H2. The highest BCUT2D eigenvalue weighted by Crippen LogP contribution is 2.33. The van der Waals surface area contributed by atoms with E-state index in [0.29, 0.717) is 6.29 Å². The Morgan fingerprint density at radius 1 is 1.38 bits per heavy atom. The number of rotatable bonds is 2. The number of alkyl halides is 3. The Kier molecular flexibility index (Phi) is 2.73. The Hall–Kier alpha value is -1.33. The van der Waals surface area contributed by atoms with Gasteiger partial charge in [0.15, 0.2) is 12.0 Å². The molecule has 16 heavy (non-hydrogen) atoms. The zero-order valence-corrected chi connectivity index (χ0v) is 8.50. The summed E-state index contributed by atoms with van der Waals surface area (Å²) in [7, 11) is 0. The molecule has 1 heterocycles. The molecular formula is C10H11F3N2O. The van der Waals surface area contributed by atoms with Crippen LogP contribution in [0.3, 0.4) is 0 Å². The molecule has 0 radical (unpaired) electrons. The van der Waals surface area contributed by atoms with E-state index in [4.69, 9.17) is 0 Å². The van der Waals surface area contributed by atoms with Gasteiger partial charge in [-0.15, -0.1) is 0 Å². The van der Waals surface area contributed by atoms with Crippen LogP contribution in [0.25, 0.3) is 0 Å². The van der Waals surface area contributed by atoms with Gasteiger partial charge in [-0.25, -0.2) is 0 Å². The monoisotopic (exact) mass is 232 g/mol. The summed E-state index contributed by atoms with van der Waals surface area (Å²) in [4.78, 5) is 10.7. The summed E-state index contributed by atoms with van der Waals surface area (Å²) in [5.41, 5.74) is -0.972. The van der Waals surface area contributed by atoms with Gasteiger partial charge in [0, 0.05) is 0 Å².